The van der Waals surface area contributed by atoms with Gasteiger partial charge in [-0.1, -0.05) is 32.9 Å². The molecule has 0 spiro atoms. The number of carbonyl (C=O) groups is 1. The number of hydrogen-bond donors (Lipinski definition) is 1. The van der Waals surface area contributed by atoms with E-state index in [1.165, 1.54) is 0 Å². The van der Waals surface area contributed by atoms with Crippen LogP contribution < -0.4 is 5.32 Å². The van der Waals surface area contributed by atoms with Crippen molar-refractivity contribution in [3.05, 3.63) is 33.4 Å². The Balaban J connectivity index is 2.76. The SMILES string of the molecule is CCC(NC(=O)c1ccccc1I)C(C)C. The summed E-state index contributed by atoms with van der Waals surface area (Å²) in [4.78, 5) is 12.0. The average Bonchev–Trinajstić information content (AvgIpc) is 2.25. The van der Waals surface area contributed by atoms with E-state index in [1.807, 2.05) is 24.3 Å². The summed E-state index contributed by atoms with van der Waals surface area (Å²) >= 11 is 2.19. The summed E-state index contributed by atoms with van der Waals surface area (Å²) in [6.45, 7) is 6.36. The largest absolute Gasteiger partial charge is 0.349 e. The van der Waals surface area contributed by atoms with Gasteiger partial charge in [-0.05, 0) is 47.1 Å². The van der Waals surface area contributed by atoms with Gasteiger partial charge in [-0.2, -0.15) is 0 Å². The molecule has 0 aliphatic rings. The van der Waals surface area contributed by atoms with E-state index in [4.69, 9.17) is 0 Å². The summed E-state index contributed by atoms with van der Waals surface area (Å²) in [6, 6.07) is 7.91. The Labute approximate surface area is 111 Å². The standard InChI is InChI=1S/C13H18INO/c1-4-12(9(2)3)15-13(16)10-7-5-6-8-11(10)14/h5-9,12H,4H2,1-3H3,(H,15,16). The summed E-state index contributed by atoms with van der Waals surface area (Å²) in [5, 5.41) is 3.08. The van der Waals surface area contributed by atoms with Crippen molar-refractivity contribution in [2.75, 3.05) is 0 Å². The van der Waals surface area contributed by atoms with Crippen LogP contribution in [0.3, 0.4) is 0 Å². The molecule has 0 bridgehead atoms. The number of benzene rings is 1. The smallest absolute Gasteiger partial charge is 0.252 e. The summed E-state index contributed by atoms with van der Waals surface area (Å²) in [5.74, 6) is 0.501. The molecule has 3 heteroatoms. The van der Waals surface area contributed by atoms with Crippen LogP contribution in [0.2, 0.25) is 0 Å². The minimum Gasteiger partial charge on any atom is -0.349 e. The highest BCUT2D eigenvalue weighted by atomic mass is 127. The highest BCUT2D eigenvalue weighted by molar-refractivity contribution is 14.1. The van der Waals surface area contributed by atoms with E-state index in [1.54, 1.807) is 0 Å². The third-order valence-corrected chi connectivity index (χ3v) is 3.62. The van der Waals surface area contributed by atoms with E-state index in [2.05, 4.69) is 48.7 Å². The van der Waals surface area contributed by atoms with Crippen LogP contribution in [0.4, 0.5) is 0 Å². The van der Waals surface area contributed by atoms with Crippen LogP contribution in [0.1, 0.15) is 37.6 Å². The van der Waals surface area contributed by atoms with Crippen molar-refractivity contribution in [2.45, 2.75) is 33.2 Å². The zero-order chi connectivity index (χ0) is 12.1. The van der Waals surface area contributed by atoms with Gasteiger partial charge in [0.1, 0.15) is 0 Å². The van der Waals surface area contributed by atoms with Crippen LogP contribution in [0.5, 0.6) is 0 Å². The Morgan fingerprint density at radius 3 is 2.50 bits per heavy atom. The number of hydrogen-bond acceptors (Lipinski definition) is 1. The predicted octanol–water partition coefficient (Wildman–Crippen LogP) is 3.46. The summed E-state index contributed by atoms with van der Waals surface area (Å²) < 4.78 is 0.996. The molecule has 0 saturated carbocycles. The van der Waals surface area contributed by atoms with Gasteiger partial charge in [-0.3, -0.25) is 4.79 Å². The molecule has 88 valence electrons. The van der Waals surface area contributed by atoms with Gasteiger partial charge in [0.15, 0.2) is 0 Å². The Morgan fingerprint density at radius 1 is 1.38 bits per heavy atom. The Hall–Kier alpha value is -0.580. The first-order valence-corrected chi connectivity index (χ1v) is 6.69. The number of halogens is 1. The van der Waals surface area contributed by atoms with Crippen molar-refractivity contribution in [3.63, 3.8) is 0 Å². The molecule has 1 N–H and O–H groups in total. The number of amides is 1. The molecule has 0 fully saturated rings. The normalized spacial score (nSPS) is 12.6. The minimum atomic E-state index is 0.0329. The van der Waals surface area contributed by atoms with E-state index in [0.717, 1.165) is 15.6 Å². The van der Waals surface area contributed by atoms with Gasteiger partial charge in [0.05, 0.1) is 5.56 Å². The molecule has 1 amide bonds. The van der Waals surface area contributed by atoms with Crippen LogP contribution >= 0.6 is 22.6 Å². The van der Waals surface area contributed by atoms with E-state index in [0.29, 0.717) is 5.92 Å². The van der Waals surface area contributed by atoms with Crippen LogP contribution in [0, 0.1) is 9.49 Å². The van der Waals surface area contributed by atoms with Crippen LogP contribution in [0.15, 0.2) is 24.3 Å². The molecule has 1 unspecified atom stereocenters. The molecule has 0 aromatic heterocycles. The van der Waals surface area contributed by atoms with Crippen LogP contribution in [-0.4, -0.2) is 11.9 Å². The lowest BCUT2D eigenvalue weighted by Gasteiger charge is -2.21. The third kappa shape index (κ3) is 3.47. The van der Waals surface area contributed by atoms with Gasteiger partial charge in [-0.15, -0.1) is 0 Å². The predicted molar refractivity (Wildman–Crippen MR) is 75.5 cm³/mol. The highest BCUT2D eigenvalue weighted by Crippen LogP contribution is 2.13. The maximum atomic E-state index is 12.0. The molecule has 1 rings (SSSR count). The van der Waals surface area contributed by atoms with Crippen LogP contribution in [0.25, 0.3) is 0 Å². The molecule has 1 atom stereocenters. The number of nitrogens with one attached hydrogen (secondary N) is 1. The average molecular weight is 331 g/mol. The van der Waals surface area contributed by atoms with Crippen molar-refractivity contribution in [1.82, 2.24) is 5.32 Å². The Kier molecular flexibility index (Phi) is 5.25. The van der Waals surface area contributed by atoms with Gasteiger partial charge in [0.25, 0.3) is 5.91 Å². The molecule has 0 aliphatic carbocycles. The third-order valence-electron chi connectivity index (χ3n) is 2.68. The van der Waals surface area contributed by atoms with Crippen molar-refractivity contribution >= 4 is 28.5 Å². The van der Waals surface area contributed by atoms with Crippen molar-refractivity contribution in [1.29, 1.82) is 0 Å². The first kappa shape index (κ1) is 13.5. The van der Waals surface area contributed by atoms with Gasteiger partial charge >= 0.3 is 0 Å². The minimum absolute atomic E-state index is 0.0329. The lowest BCUT2D eigenvalue weighted by molar-refractivity contribution is 0.0923. The lowest BCUT2D eigenvalue weighted by Crippen LogP contribution is -2.38. The summed E-state index contributed by atoms with van der Waals surface area (Å²) in [7, 11) is 0. The highest BCUT2D eigenvalue weighted by Gasteiger charge is 2.16. The van der Waals surface area contributed by atoms with Crippen LogP contribution in [-0.2, 0) is 0 Å². The monoisotopic (exact) mass is 331 g/mol. The van der Waals surface area contributed by atoms with Gasteiger partial charge in [0, 0.05) is 9.61 Å². The zero-order valence-corrected chi connectivity index (χ0v) is 12.1. The van der Waals surface area contributed by atoms with E-state index in [-0.39, 0.29) is 11.9 Å². The topological polar surface area (TPSA) is 29.1 Å². The molecule has 1 aromatic rings. The van der Waals surface area contributed by atoms with Crippen molar-refractivity contribution < 1.29 is 4.79 Å². The van der Waals surface area contributed by atoms with E-state index >= 15 is 0 Å². The maximum Gasteiger partial charge on any atom is 0.252 e. The summed E-state index contributed by atoms with van der Waals surface area (Å²) in [5.41, 5.74) is 0.766. The van der Waals surface area contributed by atoms with Crippen molar-refractivity contribution in [2.24, 2.45) is 5.92 Å². The Bertz CT molecular complexity index is 363. The molecule has 16 heavy (non-hydrogen) atoms. The quantitative estimate of drug-likeness (QED) is 0.841. The first-order chi connectivity index (χ1) is 7.56. The number of carbonyl (C=O) groups excluding carboxylic acids is 1. The molecule has 1 aromatic carbocycles. The second-order valence-electron chi connectivity index (χ2n) is 4.21. The summed E-state index contributed by atoms with van der Waals surface area (Å²) in [6.07, 6.45) is 0.965. The first-order valence-electron chi connectivity index (χ1n) is 5.61. The van der Waals surface area contributed by atoms with Gasteiger partial charge in [-0.25, -0.2) is 0 Å². The van der Waals surface area contributed by atoms with Crippen molar-refractivity contribution in [3.8, 4) is 0 Å². The fraction of sp³-hybridized carbons (Fsp3) is 0.462. The molecule has 0 aliphatic heterocycles. The number of rotatable bonds is 4. The Morgan fingerprint density at radius 2 is 2.00 bits per heavy atom. The lowest BCUT2D eigenvalue weighted by atomic mass is 10.0. The molecule has 0 radical (unpaired) electrons. The maximum absolute atomic E-state index is 12.0. The van der Waals surface area contributed by atoms with E-state index in [9.17, 15) is 4.79 Å². The zero-order valence-electron chi connectivity index (χ0n) is 9.96. The molecule has 0 saturated heterocycles. The van der Waals surface area contributed by atoms with E-state index < -0.39 is 0 Å². The fourth-order valence-electron chi connectivity index (χ4n) is 1.63. The molecular weight excluding hydrogens is 313 g/mol. The molecule has 0 heterocycles. The molecule has 2 nitrogen and oxygen atoms in total. The second kappa shape index (κ2) is 6.23. The fourth-order valence-corrected chi connectivity index (χ4v) is 2.26. The van der Waals surface area contributed by atoms with Gasteiger partial charge in [0.2, 0.25) is 0 Å². The van der Waals surface area contributed by atoms with Gasteiger partial charge < -0.3 is 5.32 Å². The molecular formula is C13H18INO. The second-order valence-corrected chi connectivity index (χ2v) is 5.37.